The Morgan fingerprint density at radius 1 is 1.03 bits per heavy atom. The summed E-state index contributed by atoms with van der Waals surface area (Å²) in [5.74, 6) is -1.27. The van der Waals surface area contributed by atoms with Crippen molar-refractivity contribution in [2.24, 2.45) is 0 Å². The zero-order valence-corrected chi connectivity index (χ0v) is 15.8. The lowest BCUT2D eigenvalue weighted by Crippen LogP contribution is -2.34. The fourth-order valence-corrected chi connectivity index (χ4v) is 3.13. The summed E-state index contributed by atoms with van der Waals surface area (Å²) in [5, 5.41) is 11.1. The van der Waals surface area contributed by atoms with Crippen LogP contribution in [0.2, 0.25) is 0 Å². The lowest BCUT2D eigenvalue weighted by Gasteiger charge is -2.23. The van der Waals surface area contributed by atoms with E-state index < -0.39 is 18.0 Å². The molecule has 29 heavy (non-hydrogen) atoms. The van der Waals surface area contributed by atoms with Crippen molar-refractivity contribution >= 4 is 23.5 Å². The Balaban J connectivity index is 1.73. The number of carbonyl (C=O) groups excluding carboxylic acids is 3. The van der Waals surface area contributed by atoms with Crippen LogP contribution in [0.25, 0.3) is 0 Å². The number of nitrogens with one attached hydrogen (secondary N) is 1. The molecule has 1 fully saturated rings. The summed E-state index contributed by atoms with van der Waals surface area (Å²) < 4.78 is 5.60. The fourth-order valence-electron chi connectivity index (χ4n) is 3.13. The molecule has 2 amide bonds. The highest BCUT2D eigenvalue weighted by Gasteiger charge is 2.31. The van der Waals surface area contributed by atoms with Gasteiger partial charge in [-0.05, 0) is 37.1 Å². The van der Waals surface area contributed by atoms with Crippen molar-refractivity contribution in [1.82, 2.24) is 4.90 Å². The largest absolute Gasteiger partial charge is 0.444 e. The van der Waals surface area contributed by atoms with Crippen molar-refractivity contribution in [1.29, 1.82) is 5.26 Å². The molecule has 0 aromatic heterocycles. The number of rotatable bonds is 6. The summed E-state index contributed by atoms with van der Waals surface area (Å²) in [6, 6.07) is 16.8. The molecule has 1 heterocycles. The zero-order valence-electron chi connectivity index (χ0n) is 15.8. The van der Waals surface area contributed by atoms with Gasteiger partial charge < -0.3 is 15.0 Å². The van der Waals surface area contributed by atoms with Gasteiger partial charge in [-0.3, -0.25) is 9.59 Å². The molecule has 148 valence electrons. The summed E-state index contributed by atoms with van der Waals surface area (Å²) in [4.78, 5) is 38.8. The quantitative estimate of drug-likeness (QED) is 0.763. The smallest absolute Gasteiger partial charge is 0.339 e. The molecular formula is C22H21N3O4. The molecule has 7 nitrogen and oxygen atoms in total. The van der Waals surface area contributed by atoms with Gasteiger partial charge in [0.25, 0.3) is 5.91 Å². The number of hydrogen-bond donors (Lipinski definition) is 1. The number of anilines is 1. The van der Waals surface area contributed by atoms with E-state index in [1.54, 1.807) is 47.4 Å². The third-order valence-electron chi connectivity index (χ3n) is 4.61. The van der Waals surface area contributed by atoms with Gasteiger partial charge in [-0.1, -0.05) is 30.3 Å². The van der Waals surface area contributed by atoms with Gasteiger partial charge >= 0.3 is 5.97 Å². The Kier molecular flexibility index (Phi) is 6.59. The van der Waals surface area contributed by atoms with Gasteiger partial charge in [-0.15, -0.1) is 0 Å². The van der Waals surface area contributed by atoms with Crippen molar-refractivity contribution in [2.75, 3.05) is 18.4 Å². The molecule has 0 aliphatic carbocycles. The molecule has 2 aromatic carbocycles. The van der Waals surface area contributed by atoms with E-state index >= 15 is 0 Å². The van der Waals surface area contributed by atoms with Gasteiger partial charge in [0.15, 0.2) is 0 Å². The average Bonchev–Trinajstić information content (AvgIpc) is 3.27. The molecule has 0 saturated carbocycles. The molecule has 1 aliphatic rings. The molecular weight excluding hydrogens is 370 g/mol. The summed E-state index contributed by atoms with van der Waals surface area (Å²) >= 11 is 0. The first kappa shape index (κ1) is 20.1. The molecule has 1 atom stereocenters. The first-order chi connectivity index (χ1) is 14.1. The van der Waals surface area contributed by atoms with Gasteiger partial charge in [0.2, 0.25) is 12.0 Å². The van der Waals surface area contributed by atoms with Gasteiger partial charge in [0.05, 0.1) is 11.6 Å². The van der Waals surface area contributed by atoms with E-state index in [4.69, 9.17) is 10.00 Å². The first-order valence-corrected chi connectivity index (χ1v) is 9.40. The maximum atomic E-state index is 12.9. The second-order valence-corrected chi connectivity index (χ2v) is 6.69. The molecule has 0 radical (unpaired) electrons. The van der Waals surface area contributed by atoms with E-state index in [1.807, 2.05) is 6.07 Å². The summed E-state index contributed by atoms with van der Waals surface area (Å²) in [6.45, 7) is 1.33. The summed E-state index contributed by atoms with van der Waals surface area (Å²) in [6.07, 6.45) is 0.637. The molecule has 1 saturated heterocycles. The molecule has 2 aromatic rings. The number of benzene rings is 2. The van der Waals surface area contributed by atoms with Crippen LogP contribution in [0.5, 0.6) is 0 Å². The summed E-state index contributed by atoms with van der Waals surface area (Å²) in [5.41, 5.74) is 1.35. The van der Waals surface area contributed by atoms with E-state index in [0.29, 0.717) is 24.3 Å². The number of amides is 2. The lowest BCUT2D eigenvalue weighted by molar-refractivity contribution is -0.140. The van der Waals surface area contributed by atoms with Crippen LogP contribution in [0.15, 0.2) is 54.6 Å². The second kappa shape index (κ2) is 9.51. The number of ether oxygens (including phenoxy) is 1. The second-order valence-electron chi connectivity index (χ2n) is 6.69. The Morgan fingerprint density at radius 2 is 1.69 bits per heavy atom. The topological polar surface area (TPSA) is 99.5 Å². The zero-order chi connectivity index (χ0) is 20.6. The number of likely N-dealkylation sites (tertiary alicyclic amines) is 1. The number of nitrogens with zero attached hydrogens (tertiary/aromatic N) is 2. The summed E-state index contributed by atoms with van der Waals surface area (Å²) in [7, 11) is 0. The fraction of sp³-hybridized carbons (Fsp3) is 0.273. The van der Waals surface area contributed by atoms with Gasteiger partial charge in [-0.25, -0.2) is 4.79 Å². The van der Waals surface area contributed by atoms with Crippen LogP contribution in [-0.2, 0) is 14.3 Å². The third-order valence-corrected chi connectivity index (χ3v) is 4.61. The maximum Gasteiger partial charge on any atom is 0.339 e. The van der Waals surface area contributed by atoms with Crippen molar-refractivity contribution < 1.29 is 19.1 Å². The minimum Gasteiger partial charge on any atom is -0.444 e. The maximum absolute atomic E-state index is 12.9. The Labute approximate surface area is 168 Å². The van der Waals surface area contributed by atoms with Crippen LogP contribution in [0, 0.1) is 11.3 Å². The third kappa shape index (κ3) is 5.20. The van der Waals surface area contributed by atoms with Crippen molar-refractivity contribution in [3.05, 3.63) is 65.7 Å². The van der Waals surface area contributed by atoms with Crippen molar-refractivity contribution in [3.63, 3.8) is 0 Å². The standard InChI is InChI=1S/C22H21N3O4/c23-13-12-19(26)24-18-10-8-17(9-11-18)22(28)29-20(16-6-2-1-3-7-16)21(27)25-14-4-5-15-25/h1-3,6-11,20H,4-5,12,14-15H2,(H,24,26). The molecule has 0 spiro atoms. The normalized spacial score (nSPS) is 14.0. The van der Waals surface area contributed by atoms with Gasteiger partial charge in [-0.2, -0.15) is 5.26 Å². The number of nitriles is 1. The van der Waals surface area contributed by atoms with Crippen LogP contribution in [0.4, 0.5) is 5.69 Å². The first-order valence-electron chi connectivity index (χ1n) is 9.40. The van der Waals surface area contributed by atoms with Crippen LogP contribution in [0.3, 0.4) is 0 Å². The highest BCUT2D eigenvalue weighted by Crippen LogP contribution is 2.24. The van der Waals surface area contributed by atoms with Crippen molar-refractivity contribution in [3.8, 4) is 6.07 Å². The number of hydrogen-bond acceptors (Lipinski definition) is 5. The van der Waals surface area contributed by atoms with E-state index in [0.717, 1.165) is 12.8 Å². The van der Waals surface area contributed by atoms with Crippen LogP contribution < -0.4 is 5.32 Å². The molecule has 1 unspecified atom stereocenters. The molecule has 3 rings (SSSR count). The minimum atomic E-state index is -1.00. The predicted octanol–water partition coefficient (Wildman–Crippen LogP) is 3.06. The van der Waals surface area contributed by atoms with Gasteiger partial charge in [0, 0.05) is 24.3 Å². The predicted molar refractivity (Wildman–Crippen MR) is 106 cm³/mol. The van der Waals surface area contributed by atoms with Crippen LogP contribution in [0.1, 0.15) is 41.3 Å². The highest BCUT2D eigenvalue weighted by atomic mass is 16.5. The van der Waals surface area contributed by atoms with Crippen LogP contribution >= 0.6 is 0 Å². The van der Waals surface area contributed by atoms with Gasteiger partial charge in [0.1, 0.15) is 6.42 Å². The molecule has 1 aliphatic heterocycles. The van der Waals surface area contributed by atoms with E-state index in [2.05, 4.69) is 5.32 Å². The monoisotopic (exact) mass is 391 g/mol. The van der Waals surface area contributed by atoms with Crippen molar-refractivity contribution in [2.45, 2.75) is 25.4 Å². The van der Waals surface area contributed by atoms with E-state index in [9.17, 15) is 14.4 Å². The van der Waals surface area contributed by atoms with E-state index in [1.165, 1.54) is 12.1 Å². The highest BCUT2D eigenvalue weighted by molar-refractivity contribution is 5.95. The Hall–Kier alpha value is -3.66. The van der Waals surface area contributed by atoms with E-state index in [-0.39, 0.29) is 17.9 Å². The Bertz CT molecular complexity index is 913. The Morgan fingerprint density at radius 3 is 2.31 bits per heavy atom. The molecule has 1 N–H and O–H groups in total. The van der Waals surface area contributed by atoms with Crippen LogP contribution in [-0.4, -0.2) is 35.8 Å². The lowest BCUT2D eigenvalue weighted by atomic mass is 10.1. The average molecular weight is 391 g/mol. The molecule has 0 bridgehead atoms. The molecule has 7 heteroatoms. The number of carbonyl (C=O) groups is 3. The number of esters is 1. The SMILES string of the molecule is N#CCC(=O)Nc1ccc(C(=O)OC(C(=O)N2CCCC2)c2ccccc2)cc1. The minimum absolute atomic E-state index is 0.220.